The van der Waals surface area contributed by atoms with Crippen molar-refractivity contribution in [2.24, 2.45) is 0 Å². The molecule has 28 heavy (non-hydrogen) atoms. The van der Waals surface area contributed by atoms with Crippen LogP contribution < -0.4 is 14.8 Å². The molecule has 7 nitrogen and oxygen atoms in total. The summed E-state index contributed by atoms with van der Waals surface area (Å²) < 4.78 is 15.8. The van der Waals surface area contributed by atoms with Gasteiger partial charge in [0.2, 0.25) is 0 Å². The number of esters is 1. The van der Waals surface area contributed by atoms with E-state index < -0.39 is 18.5 Å². The molecule has 0 saturated heterocycles. The second-order valence-corrected chi connectivity index (χ2v) is 6.06. The van der Waals surface area contributed by atoms with Gasteiger partial charge >= 0.3 is 5.97 Å². The van der Waals surface area contributed by atoms with Crippen LogP contribution in [0.5, 0.6) is 11.5 Å². The monoisotopic (exact) mass is 378 g/mol. The Morgan fingerprint density at radius 1 is 1.14 bits per heavy atom. The maximum atomic E-state index is 12.1. The van der Waals surface area contributed by atoms with Crippen LogP contribution in [0.15, 0.2) is 48.0 Å². The Bertz CT molecular complexity index is 958. The van der Waals surface area contributed by atoms with Gasteiger partial charge in [0.05, 0.1) is 0 Å². The van der Waals surface area contributed by atoms with Gasteiger partial charge in [0.1, 0.15) is 24.9 Å². The van der Waals surface area contributed by atoms with E-state index in [1.54, 1.807) is 36.4 Å². The second kappa shape index (κ2) is 8.73. The minimum absolute atomic E-state index is 0.184. The Balaban J connectivity index is 1.56. The molecule has 2 aromatic carbocycles. The van der Waals surface area contributed by atoms with Crippen molar-refractivity contribution < 1.29 is 23.8 Å². The number of anilines is 1. The van der Waals surface area contributed by atoms with Gasteiger partial charge in [0, 0.05) is 11.8 Å². The number of hydrogen-bond acceptors (Lipinski definition) is 6. The first kappa shape index (κ1) is 19.0. The van der Waals surface area contributed by atoms with Gasteiger partial charge in [-0.15, -0.1) is 0 Å². The van der Waals surface area contributed by atoms with E-state index in [1.165, 1.54) is 6.08 Å². The van der Waals surface area contributed by atoms with E-state index in [0.717, 1.165) is 5.56 Å². The Morgan fingerprint density at radius 3 is 2.57 bits per heavy atom. The van der Waals surface area contributed by atoms with Gasteiger partial charge in [0.25, 0.3) is 5.91 Å². The molecule has 0 aliphatic carbocycles. The first-order valence-corrected chi connectivity index (χ1v) is 8.60. The molecule has 1 heterocycles. The lowest BCUT2D eigenvalue weighted by Gasteiger charge is -2.19. The second-order valence-electron chi connectivity index (χ2n) is 6.06. The van der Waals surface area contributed by atoms with Crippen molar-refractivity contribution in [1.82, 2.24) is 0 Å². The summed E-state index contributed by atoms with van der Waals surface area (Å²) in [7, 11) is 0. The van der Waals surface area contributed by atoms with Gasteiger partial charge in [-0.1, -0.05) is 29.8 Å². The fourth-order valence-electron chi connectivity index (χ4n) is 2.49. The normalized spacial score (nSPS) is 12.6. The van der Waals surface area contributed by atoms with Gasteiger partial charge in [-0.3, -0.25) is 4.79 Å². The van der Waals surface area contributed by atoms with Crippen molar-refractivity contribution in [3.8, 4) is 17.6 Å². The summed E-state index contributed by atoms with van der Waals surface area (Å²) >= 11 is 0. The minimum Gasteiger partial charge on any atom is -0.486 e. The molecule has 0 unspecified atom stereocenters. The molecule has 3 rings (SSSR count). The molecule has 0 fully saturated rings. The first-order chi connectivity index (χ1) is 13.5. The minimum atomic E-state index is -0.861. The summed E-state index contributed by atoms with van der Waals surface area (Å²) in [4.78, 5) is 24.1. The lowest BCUT2D eigenvalue weighted by molar-refractivity contribution is -0.142. The molecule has 0 aromatic heterocycles. The predicted octanol–water partition coefficient (Wildman–Crippen LogP) is 2.86. The van der Waals surface area contributed by atoms with Crippen LogP contribution in [-0.4, -0.2) is 31.7 Å². The van der Waals surface area contributed by atoms with Crippen LogP contribution >= 0.6 is 0 Å². The molecule has 1 N–H and O–H groups in total. The molecule has 0 atom stereocenters. The van der Waals surface area contributed by atoms with E-state index in [0.29, 0.717) is 36.0 Å². The number of carbonyl (C=O) groups is 2. The largest absolute Gasteiger partial charge is 0.486 e. The average Bonchev–Trinajstić information content (AvgIpc) is 2.71. The van der Waals surface area contributed by atoms with Gasteiger partial charge in [-0.2, -0.15) is 5.26 Å². The van der Waals surface area contributed by atoms with Gasteiger partial charge in [0.15, 0.2) is 18.1 Å². The van der Waals surface area contributed by atoms with E-state index in [1.807, 2.05) is 19.1 Å². The van der Waals surface area contributed by atoms with Crippen LogP contribution in [-0.2, 0) is 14.3 Å². The van der Waals surface area contributed by atoms with Crippen LogP contribution in [0.4, 0.5) is 5.69 Å². The van der Waals surface area contributed by atoms with Crippen molar-refractivity contribution in [2.45, 2.75) is 6.92 Å². The number of hydrogen-bond donors (Lipinski definition) is 1. The fraction of sp³-hybridized carbons (Fsp3) is 0.190. The van der Waals surface area contributed by atoms with Gasteiger partial charge in [-0.25, -0.2) is 4.79 Å². The van der Waals surface area contributed by atoms with Crippen molar-refractivity contribution in [3.05, 3.63) is 59.2 Å². The van der Waals surface area contributed by atoms with Crippen molar-refractivity contribution in [3.63, 3.8) is 0 Å². The van der Waals surface area contributed by atoms with Crippen molar-refractivity contribution >= 4 is 23.6 Å². The number of nitrogens with zero attached hydrogens (tertiary/aromatic N) is 1. The smallest absolute Gasteiger partial charge is 0.349 e. The standard InChI is InChI=1S/C21H18N2O5/c1-14-2-4-15(5-3-14)10-16(12-22)21(25)28-13-20(24)23-17-6-7-18-19(11-17)27-9-8-26-18/h2-7,10-11H,8-9,13H2,1H3,(H,23,24)/b16-10+. The van der Waals surface area contributed by atoms with E-state index in [-0.39, 0.29) is 5.57 Å². The summed E-state index contributed by atoms with van der Waals surface area (Å²) in [5.41, 5.74) is 2.06. The average molecular weight is 378 g/mol. The quantitative estimate of drug-likeness (QED) is 0.488. The Morgan fingerprint density at radius 2 is 1.86 bits per heavy atom. The third kappa shape index (κ3) is 4.89. The molecule has 0 spiro atoms. The van der Waals surface area contributed by atoms with E-state index in [4.69, 9.17) is 14.2 Å². The number of rotatable bonds is 5. The summed E-state index contributed by atoms with van der Waals surface area (Å²) in [6, 6.07) is 14.1. The molecule has 7 heteroatoms. The molecule has 1 aliphatic heterocycles. The van der Waals surface area contributed by atoms with Gasteiger partial charge in [-0.05, 0) is 30.7 Å². The SMILES string of the molecule is Cc1ccc(/C=C(\C#N)C(=O)OCC(=O)Nc2ccc3c(c2)OCCO3)cc1. The molecule has 1 aliphatic rings. The van der Waals surface area contributed by atoms with Crippen molar-refractivity contribution in [1.29, 1.82) is 5.26 Å². The Kier molecular flexibility index (Phi) is 5.92. The molecule has 2 aromatic rings. The maximum Gasteiger partial charge on any atom is 0.349 e. The number of fused-ring (bicyclic) bond motifs is 1. The topological polar surface area (TPSA) is 97.7 Å². The van der Waals surface area contributed by atoms with Crippen LogP contribution in [0.3, 0.4) is 0 Å². The zero-order chi connectivity index (χ0) is 19.9. The van der Waals surface area contributed by atoms with Crippen LogP contribution in [0.25, 0.3) is 6.08 Å². The highest BCUT2D eigenvalue weighted by Gasteiger charge is 2.15. The van der Waals surface area contributed by atoms with Crippen LogP contribution in [0.2, 0.25) is 0 Å². The van der Waals surface area contributed by atoms with Crippen molar-refractivity contribution in [2.75, 3.05) is 25.1 Å². The highest BCUT2D eigenvalue weighted by atomic mass is 16.6. The number of nitriles is 1. The fourth-order valence-corrected chi connectivity index (χ4v) is 2.49. The zero-order valence-corrected chi connectivity index (χ0v) is 15.2. The lowest BCUT2D eigenvalue weighted by atomic mass is 10.1. The third-order valence-corrected chi connectivity index (χ3v) is 3.89. The van der Waals surface area contributed by atoms with E-state index in [9.17, 15) is 14.9 Å². The number of ether oxygens (including phenoxy) is 3. The molecule has 0 bridgehead atoms. The molecule has 1 amide bonds. The zero-order valence-electron chi connectivity index (χ0n) is 15.2. The van der Waals surface area contributed by atoms with E-state index >= 15 is 0 Å². The van der Waals surface area contributed by atoms with E-state index in [2.05, 4.69) is 5.32 Å². The summed E-state index contributed by atoms with van der Waals surface area (Å²) in [6.07, 6.45) is 1.42. The Labute approximate surface area is 162 Å². The summed E-state index contributed by atoms with van der Waals surface area (Å²) in [6.45, 7) is 2.34. The highest BCUT2D eigenvalue weighted by molar-refractivity contribution is 6.00. The highest BCUT2D eigenvalue weighted by Crippen LogP contribution is 2.32. The molecular weight excluding hydrogens is 360 g/mol. The number of benzene rings is 2. The number of amides is 1. The predicted molar refractivity (Wildman–Crippen MR) is 102 cm³/mol. The summed E-state index contributed by atoms with van der Waals surface area (Å²) in [5, 5.41) is 11.8. The molecule has 0 radical (unpaired) electrons. The molecule has 0 saturated carbocycles. The van der Waals surface area contributed by atoms with Crippen LogP contribution in [0.1, 0.15) is 11.1 Å². The maximum absolute atomic E-state index is 12.1. The number of aryl methyl sites for hydroxylation is 1. The Hall–Kier alpha value is -3.79. The summed E-state index contributed by atoms with van der Waals surface area (Å²) in [5.74, 6) is -0.248. The van der Waals surface area contributed by atoms with Gasteiger partial charge < -0.3 is 19.5 Å². The number of nitrogens with one attached hydrogen (secondary N) is 1. The molecule has 142 valence electrons. The van der Waals surface area contributed by atoms with Crippen LogP contribution in [0, 0.1) is 18.3 Å². The molecular formula is C21H18N2O5. The lowest BCUT2D eigenvalue weighted by Crippen LogP contribution is -2.21. The third-order valence-electron chi connectivity index (χ3n) is 3.89. The first-order valence-electron chi connectivity index (χ1n) is 8.60. The number of carbonyl (C=O) groups excluding carboxylic acids is 2.